The molecule has 0 bridgehead atoms. The highest BCUT2D eigenvalue weighted by Gasteiger charge is 2.50. The highest BCUT2D eigenvalue weighted by Crippen LogP contribution is 2.31. The van der Waals surface area contributed by atoms with Gasteiger partial charge in [0, 0.05) is 19.3 Å². The second kappa shape index (κ2) is 5.79. The Morgan fingerprint density at radius 3 is 2.05 bits per heavy atom. The number of hydrogen-bond acceptors (Lipinski definition) is 4. The molecule has 5 nitrogen and oxygen atoms in total. The minimum absolute atomic E-state index is 0.154. The molecule has 0 saturated carbocycles. The van der Waals surface area contributed by atoms with Gasteiger partial charge in [-0.25, -0.2) is 8.42 Å². The lowest BCUT2D eigenvalue weighted by Gasteiger charge is -2.38. The molecule has 19 heavy (non-hydrogen) atoms. The summed E-state index contributed by atoms with van der Waals surface area (Å²) in [6.45, 7) is 2.63. The first kappa shape index (κ1) is 14.8. The van der Waals surface area contributed by atoms with E-state index < -0.39 is 14.6 Å². The van der Waals surface area contributed by atoms with E-state index in [0.717, 1.165) is 25.7 Å². The molecular weight excluding hydrogens is 264 g/mol. The summed E-state index contributed by atoms with van der Waals surface area (Å²) in [5, 5.41) is 3.15. The van der Waals surface area contributed by atoms with Gasteiger partial charge in [-0.3, -0.25) is 4.79 Å². The molecule has 2 saturated heterocycles. The van der Waals surface area contributed by atoms with Crippen molar-refractivity contribution in [1.29, 1.82) is 0 Å². The zero-order valence-corrected chi connectivity index (χ0v) is 12.5. The molecule has 1 N–H and O–H groups in total. The van der Waals surface area contributed by atoms with Gasteiger partial charge in [0.25, 0.3) is 0 Å². The van der Waals surface area contributed by atoms with Gasteiger partial charge in [-0.05, 0) is 38.8 Å². The standard InChI is InChI=1S/C13H24N2O3S/c1-19(17,18)13(6-8-14-9-7-13)12(16)15-10-4-2-3-5-11-15/h14H,2-11H2,1H3. The molecule has 0 spiro atoms. The SMILES string of the molecule is CS(=O)(=O)C1(C(=O)N2CCCCCC2)CCNCC1. The van der Waals surface area contributed by atoms with Gasteiger partial charge in [0.15, 0.2) is 14.6 Å². The van der Waals surface area contributed by atoms with Crippen molar-refractivity contribution in [3.05, 3.63) is 0 Å². The lowest BCUT2D eigenvalue weighted by molar-refractivity contribution is -0.134. The normalized spacial score (nSPS) is 24.8. The van der Waals surface area contributed by atoms with Gasteiger partial charge >= 0.3 is 0 Å². The Morgan fingerprint density at radius 1 is 1.05 bits per heavy atom. The third-order valence-electron chi connectivity index (χ3n) is 4.40. The van der Waals surface area contributed by atoms with Crippen molar-refractivity contribution in [2.45, 2.75) is 43.3 Å². The molecule has 0 aromatic heterocycles. The van der Waals surface area contributed by atoms with Gasteiger partial charge in [-0.1, -0.05) is 12.8 Å². The lowest BCUT2D eigenvalue weighted by Crippen LogP contribution is -2.58. The van der Waals surface area contributed by atoms with Gasteiger partial charge < -0.3 is 10.2 Å². The van der Waals surface area contributed by atoms with Crippen molar-refractivity contribution in [2.75, 3.05) is 32.4 Å². The Bertz CT molecular complexity index is 419. The van der Waals surface area contributed by atoms with Crippen LogP contribution in [0.3, 0.4) is 0 Å². The van der Waals surface area contributed by atoms with Crippen molar-refractivity contribution >= 4 is 15.7 Å². The third-order valence-corrected chi connectivity index (χ3v) is 6.41. The molecular formula is C13H24N2O3S. The maximum atomic E-state index is 12.8. The molecule has 1 amide bonds. The molecule has 0 aromatic rings. The van der Waals surface area contributed by atoms with Crippen LogP contribution in [0.5, 0.6) is 0 Å². The Morgan fingerprint density at radius 2 is 1.58 bits per heavy atom. The summed E-state index contributed by atoms with van der Waals surface area (Å²) in [5.41, 5.74) is 0. The average molecular weight is 288 g/mol. The van der Waals surface area contributed by atoms with E-state index in [1.54, 1.807) is 4.90 Å². The molecule has 2 aliphatic rings. The van der Waals surface area contributed by atoms with Crippen LogP contribution in [0.2, 0.25) is 0 Å². The minimum atomic E-state index is -3.38. The average Bonchev–Trinajstić information content (AvgIpc) is 2.66. The fraction of sp³-hybridized carbons (Fsp3) is 0.923. The zero-order valence-electron chi connectivity index (χ0n) is 11.7. The first-order chi connectivity index (χ1) is 8.97. The number of nitrogens with zero attached hydrogens (tertiary/aromatic N) is 1. The van der Waals surface area contributed by atoms with Gasteiger partial charge in [-0.15, -0.1) is 0 Å². The van der Waals surface area contributed by atoms with Crippen LogP contribution < -0.4 is 5.32 Å². The highest BCUT2D eigenvalue weighted by atomic mass is 32.2. The van der Waals surface area contributed by atoms with Crippen LogP contribution >= 0.6 is 0 Å². The highest BCUT2D eigenvalue weighted by molar-refractivity contribution is 7.92. The summed E-state index contributed by atoms with van der Waals surface area (Å²) >= 11 is 0. The number of sulfone groups is 1. The van der Waals surface area contributed by atoms with E-state index in [2.05, 4.69) is 5.32 Å². The minimum Gasteiger partial charge on any atom is -0.341 e. The number of amides is 1. The molecule has 2 heterocycles. The second-order valence-electron chi connectivity index (χ2n) is 5.72. The first-order valence-corrected chi connectivity index (χ1v) is 9.06. The quantitative estimate of drug-likeness (QED) is 0.806. The first-order valence-electron chi connectivity index (χ1n) is 7.17. The van der Waals surface area contributed by atoms with Crippen molar-refractivity contribution < 1.29 is 13.2 Å². The van der Waals surface area contributed by atoms with E-state index in [0.29, 0.717) is 39.0 Å². The summed E-state index contributed by atoms with van der Waals surface area (Å²) in [5.74, 6) is -0.154. The van der Waals surface area contributed by atoms with Crippen LogP contribution in [0.4, 0.5) is 0 Å². The zero-order chi connectivity index (χ0) is 13.9. The van der Waals surface area contributed by atoms with Crippen molar-refractivity contribution in [3.63, 3.8) is 0 Å². The smallest absolute Gasteiger partial charge is 0.244 e. The number of hydrogen-bond donors (Lipinski definition) is 1. The van der Waals surface area contributed by atoms with E-state index in [9.17, 15) is 13.2 Å². The molecule has 6 heteroatoms. The molecule has 2 aliphatic heterocycles. The van der Waals surface area contributed by atoms with Crippen LogP contribution in [-0.2, 0) is 14.6 Å². The van der Waals surface area contributed by atoms with E-state index in [-0.39, 0.29) is 5.91 Å². The third kappa shape index (κ3) is 2.94. The van der Waals surface area contributed by atoms with E-state index >= 15 is 0 Å². The van der Waals surface area contributed by atoms with Crippen LogP contribution in [0, 0.1) is 0 Å². The Hall–Kier alpha value is -0.620. The maximum Gasteiger partial charge on any atom is 0.244 e. The Balaban J connectivity index is 2.25. The predicted molar refractivity (Wildman–Crippen MR) is 74.7 cm³/mol. The van der Waals surface area contributed by atoms with Crippen molar-refractivity contribution in [2.24, 2.45) is 0 Å². The van der Waals surface area contributed by atoms with Crippen molar-refractivity contribution in [3.8, 4) is 0 Å². The van der Waals surface area contributed by atoms with Crippen LogP contribution in [0.25, 0.3) is 0 Å². The molecule has 0 aliphatic carbocycles. The molecule has 2 rings (SSSR count). The summed E-state index contributed by atoms with van der Waals surface area (Å²) in [6, 6.07) is 0. The predicted octanol–water partition coefficient (Wildman–Crippen LogP) is 0.556. The maximum absolute atomic E-state index is 12.8. The van der Waals surface area contributed by atoms with E-state index in [4.69, 9.17) is 0 Å². The molecule has 2 fully saturated rings. The Kier molecular flexibility index (Phi) is 4.50. The summed E-state index contributed by atoms with van der Waals surface area (Å²) in [6.07, 6.45) is 6.28. The van der Waals surface area contributed by atoms with E-state index in [1.165, 1.54) is 6.26 Å². The van der Waals surface area contributed by atoms with Gasteiger partial charge in [0.2, 0.25) is 5.91 Å². The van der Waals surface area contributed by atoms with Crippen LogP contribution in [0.15, 0.2) is 0 Å². The number of carbonyl (C=O) groups is 1. The summed E-state index contributed by atoms with van der Waals surface area (Å²) in [4.78, 5) is 14.6. The second-order valence-corrected chi connectivity index (χ2v) is 8.05. The lowest BCUT2D eigenvalue weighted by atomic mass is 9.95. The topological polar surface area (TPSA) is 66.5 Å². The monoisotopic (exact) mass is 288 g/mol. The largest absolute Gasteiger partial charge is 0.341 e. The number of carbonyl (C=O) groups excluding carboxylic acids is 1. The molecule has 0 unspecified atom stereocenters. The Labute approximate surface area is 115 Å². The number of likely N-dealkylation sites (tertiary alicyclic amines) is 1. The van der Waals surface area contributed by atoms with E-state index in [1.807, 2.05) is 0 Å². The van der Waals surface area contributed by atoms with Crippen LogP contribution in [0.1, 0.15) is 38.5 Å². The number of rotatable bonds is 2. The van der Waals surface area contributed by atoms with Gasteiger partial charge in [0.05, 0.1) is 0 Å². The fourth-order valence-electron chi connectivity index (χ4n) is 3.14. The molecule has 110 valence electrons. The van der Waals surface area contributed by atoms with Gasteiger partial charge in [-0.2, -0.15) is 0 Å². The number of nitrogens with one attached hydrogen (secondary N) is 1. The van der Waals surface area contributed by atoms with Gasteiger partial charge in [0.1, 0.15) is 0 Å². The van der Waals surface area contributed by atoms with Crippen LogP contribution in [-0.4, -0.2) is 56.4 Å². The summed E-state index contributed by atoms with van der Waals surface area (Å²) < 4.78 is 23.2. The fourth-order valence-corrected chi connectivity index (χ4v) is 4.53. The molecule has 0 aromatic carbocycles. The number of piperidine rings is 1. The molecule has 0 radical (unpaired) electrons. The summed E-state index contributed by atoms with van der Waals surface area (Å²) in [7, 11) is -3.38. The molecule has 0 atom stereocenters. The van der Waals surface area contributed by atoms with Crippen molar-refractivity contribution in [1.82, 2.24) is 10.2 Å².